The van der Waals surface area contributed by atoms with E-state index < -0.39 is 10.0 Å². The monoisotopic (exact) mass is 419 g/mol. The van der Waals surface area contributed by atoms with Crippen LogP contribution in [0.2, 0.25) is 0 Å². The van der Waals surface area contributed by atoms with Crippen LogP contribution in [0.4, 0.5) is 0 Å². The number of aromatic nitrogens is 3. The number of hydrogen-bond acceptors (Lipinski definition) is 5. The highest BCUT2D eigenvalue weighted by molar-refractivity contribution is 7.89. The highest BCUT2D eigenvalue weighted by Gasteiger charge is 2.26. The standard InChI is InChI=1S/C20H29N5O3S/c26-20(21-16-7-2-3-8-16)9-6-14-25-19-11-10-17(15-18(19)22-23-25)29(27,28)24-12-4-1-5-13-24/h10-11,15-16H,1-9,12-14H2,(H,21,26). The zero-order valence-corrected chi connectivity index (χ0v) is 17.5. The van der Waals surface area contributed by atoms with Crippen LogP contribution in [0.5, 0.6) is 0 Å². The van der Waals surface area contributed by atoms with E-state index in [1.165, 1.54) is 12.8 Å². The Morgan fingerprint density at radius 3 is 2.62 bits per heavy atom. The van der Waals surface area contributed by atoms with Crippen molar-refractivity contribution in [3.05, 3.63) is 18.2 Å². The average molecular weight is 420 g/mol. The second kappa shape index (κ2) is 8.79. The number of nitrogens with zero attached hydrogens (tertiary/aromatic N) is 4. The number of fused-ring (bicyclic) bond motifs is 1. The topological polar surface area (TPSA) is 97.2 Å². The van der Waals surface area contributed by atoms with E-state index in [0.29, 0.717) is 44.0 Å². The van der Waals surface area contributed by atoms with E-state index in [1.807, 2.05) is 0 Å². The zero-order valence-electron chi connectivity index (χ0n) is 16.7. The summed E-state index contributed by atoms with van der Waals surface area (Å²) >= 11 is 0. The second-order valence-electron chi connectivity index (χ2n) is 8.08. The van der Waals surface area contributed by atoms with Crippen molar-refractivity contribution in [3.8, 4) is 0 Å². The van der Waals surface area contributed by atoms with E-state index in [0.717, 1.165) is 37.6 Å². The fraction of sp³-hybridized carbons (Fsp3) is 0.650. The van der Waals surface area contributed by atoms with Gasteiger partial charge in [-0.3, -0.25) is 4.79 Å². The smallest absolute Gasteiger partial charge is 0.243 e. The fourth-order valence-corrected chi connectivity index (χ4v) is 5.83. The van der Waals surface area contributed by atoms with E-state index in [2.05, 4.69) is 15.6 Å². The van der Waals surface area contributed by atoms with Crippen LogP contribution in [-0.4, -0.2) is 52.8 Å². The van der Waals surface area contributed by atoms with Gasteiger partial charge in [0.1, 0.15) is 5.52 Å². The van der Waals surface area contributed by atoms with Gasteiger partial charge < -0.3 is 5.32 Å². The number of nitrogens with one attached hydrogen (secondary N) is 1. The first-order valence-corrected chi connectivity index (χ1v) is 12.1. The molecular weight excluding hydrogens is 390 g/mol. The van der Waals surface area contributed by atoms with E-state index in [-0.39, 0.29) is 10.8 Å². The van der Waals surface area contributed by atoms with Gasteiger partial charge in [0.15, 0.2) is 0 Å². The Hall–Kier alpha value is -2.00. The van der Waals surface area contributed by atoms with E-state index in [1.54, 1.807) is 27.2 Å². The molecule has 1 aromatic carbocycles. The molecule has 1 saturated carbocycles. The van der Waals surface area contributed by atoms with Crippen molar-refractivity contribution in [1.29, 1.82) is 0 Å². The number of amides is 1. The molecule has 4 rings (SSSR count). The van der Waals surface area contributed by atoms with Gasteiger partial charge in [-0.2, -0.15) is 4.31 Å². The van der Waals surface area contributed by atoms with Crippen LogP contribution in [0.3, 0.4) is 0 Å². The minimum Gasteiger partial charge on any atom is -0.353 e. The lowest BCUT2D eigenvalue weighted by Gasteiger charge is -2.25. The van der Waals surface area contributed by atoms with Crippen LogP contribution in [0, 0.1) is 0 Å². The van der Waals surface area contributed by atoms with E-state index in [4.69, 9.17) is 0 Å². The van der Waals surface area contributed by atoms with Crippen molar-refractivity contribution in [2.75, 3.05) is 13.1 Å². The van der Waals surface area contributed by atoms with E-state index in [9.17, 15) is 13.2 Å². The number of carbonyl (C=O) groups is 1. The Balaban J connectivity index is 1.38. The summed E-state index contributed by atoms with van der Waals surface area (Å²) < 4.78 is 29.0. The molecule has 1 saturated heterocycles. The zero-order chi connectivity index (χ0) is 20.3. The summed E-state index contributed by atoms with van der Waals surface area (Å²) in [5.74, 6) is 0.0937. The molecule has 29 heavy (non-hydrogen) atoms. The average Bonchev–Trinajstić information content (AvgIpc) is 3.38. The predicted molar refractivity (Wildman–Crippen MR) is 110 cm³/mol. The van der Waals surface area contributed by atoms with Crippen molar-refractivity contribution >= 4 is 27.0 Å². The van der Waals surface area contributed by atoms with Crippen LogP contribution in [0.15, 0.2) is 23.1 Å². The highest BCUT2D eigenvalue weighted by atomic mass is 32.2. The van der Waals surface area contributed by atoms with Gasteiger partial charge >= 0.3 is 0 Å². The summed E-state index contributed by atoms with van der Waals surface area (Å²) in [5, 5.41) is 11.4. The van der Waals surface area contributed by atoms with E-state index >= 15 is 0 Å². The first-order valence-electron chi connectivity index (χ1n) is 10.7. The number of carbonyl (C=O) groups excluding carboxylic acids is 1. The number of aryl methyl sites for hydroxylation is 1. The molecule has 1 aliphatic carbocycles. The van der Waals surface area contributed by atoms with Crippen LogP contribution >= 0.6 is 0 Å². The summed E-state index contributed by atoms with van der Waals surface area (Å²) in [6.07, 6.45) is 8.60. The molecule has 2 heterocycles. The summed E-state index contributed by atoms with van der Waals surface area (Å²) in [6, 6.07) is 5.36. The van der Waals surface area contributed by atoms with Crippen molar-refractivity contribution in [1.82, 2.24) is 24.6 Å². The fourth-order valence-electron chi connectivity index (χ4n) is 4.29. The third kappa shape index (κ3) is 4.61. The molecule has 0 spiro atoms. The lowest BCUT2D eigenvalue weighted by molar-refractivity contribution is -0.121. The summed E-state index contributed by atoms with van der Waals surface area (Å²) in [5.41, 5.74) is 1.36. The molecule has 0 radical (unpaired) electrons. The van der Waals surface area contributed by atoms with Crippen LogP contribution in [0.1, 0.15) is 57.8 Å². The molecule has 0 unspecified atom stereocenters. The quantitative estimate of drug-likeness (QED) is 0.743. The van der Waals surface area contributed by atoms with Gasteiger partial charge in [-0.1, -0.05) is 24.5 Å². The van der Waals surface area contributed by atoms with Crippen molar-refractivity contribution < 1.29 is 13.2 Å². The normalized spacial score (nSPS) is 19.0. The molecule has 8 nitrogen and oxygen atoms in total. The largest absolute Gasteiger partial charge is 0.353 e. The van der Waals surface area contributed by atoms with Gasteiger partial charge in [0.25, 0.3) is 0 Å². The summed E-state index contributed by atoms with van der Waals surface area (Å²) in [6.45, 7) is 1.73. The first-order chi connectivity index (χ1) is 14.0. The highest BCUT2D eigenvalue weighted by Crippen LogP contribution is 2.23. The maximum atomic E-state index is 12.9. The lowest BCUT2D eigenvalue weighted by Crippen LogP contribution is -2.35. The molecule has 1 N–H and O–H groups in total. The first kappa shape index (κ1) is 20.3. The van der Waals surface area contributed by atoms with Gasteiger partial charge in [0.05, 0.1) is 10.4 Å². The number of benzene rings is 1. The molecular formula is C20H29N5O3S. The Morgan fingerprint density at radius 2 is 1.86 bits per heavy atom. The van der Waals surface area contributed by atoms with Crippen LogP contribution < -0.4 is 5.32 Å². The van der Waals surface area contributed by atoms with Crippen LogP contribution in [-0.2, 0) is 21.4 Å². The Labute approximate surface area is 171 Å². The molecule has 158 valence electrons. The Morgan fingerprint density at radius 1 is 1.10 bits per heavy atom. The Kier molecular flexibility index (Phi) is 6.15. The number of hydrogen-bond donors (Lipinski definition) is 1. The van der Waals surface area contributed by atoms with Gasteiger partial charge in [0, 0.05) is 32.1 Å². The molecule has 1 amide bonds. The third-order valence-corrected chi connectivity index (χ3v) is 7.83. The predicted octanol–water partition coefficient (Wildman–Crippen LogP) is 2.44. The summed E-state index contributed by atoms with van der Waals surface area (Å²) in [7, 11) is -3.48. The van der Waals surface area contributed by atoms with Gasteiger partial charge in [-0.15, -0.1) is 5.10 Å². The minimum atomic E-state index is -3.48. The van der Waals surface area contributed by atoms with Crippen molar-refractivity contribution in [3.63, 3.8) is 0 Å². The second-order valence-corrected chi connectivity index (χ2v) is 10.0. The van der Waals surface area contributed by atoms with Gasteiger partial charge in [-0.25, -0.2) is 13.1 Å². The maximum Gasteiger partial charge on any atom is 0.243 e. The Bertz CT molecular complexity index is 960. The lowest BCUT2D eigenvalue weighted by atomic mass is 10.2. The number of rotatable bonds is 7. The molecule has 0 atom stereocenters. The molecule has 2 aromatic rings. The van der Waals surface area contributed by atoms with Gasteiger partial charge in [0.2, 0.25) is 15.9 Å². The van der Waals surface area contributed by atoms with Crippen LogP contribution in [0.25, 0.3) is 11.0 Å². The summed E-state index contributed by atoms with van der Waals surface area (Å²) in [4.78, 5) is 12.3. The number of piperidine rings is 1. The minimum absolute atomic E-state index is 0.0937. The van der Waals surface area contributed by atoms with Crippen molar-refractivity contribution in [2.45, 2.75) is 75.3 Å². The molecule has 1 aromatic heterocycles. The molecule has 2 fully saturated rings. The molecule has 1 aliphatic heterocycles. The molecule has 0 bridgehead atoms. The molecule has 2 aliphatic rings. The maximum absolute atomic E-state index is 12.9. The van der Waals surface area contributed by atoms with Crippen molar-refractivity contribution in [2.24, 2.45) is 0 Å². The van der Waals surface area contributed by atoms with Gasteiger partial charge in [-0.05, 0) is 50.3 Å². The number of sulfonamides is 1. The molecule has 9 heteroatoms. The SMILES string of the molecule is O=C(CCCn1nnc2cc(S(=O)(=O)N3CCCCC3)ccc21)NC1CCCC1. The third-order valence-electron chi connectivity index (χ3n) is 5.93.